The Morgan fingerprint density at radius 1 is 1.00 bits per heavy atom. The lowest BCUT2D eigenvalue weighted by Crippen LogP contribution is -2.22. The van der Waals surface area contributed by atoms with Gasteiger partial charge >= 0.3 is 0 Å². The maximum Gasteiger partial charge on any atom is 0.274 e. The van der Waals surface area contributed by atoms with E-state index in [2.05, 4.69) is 26.9 Å². The molecule has 3 aromatic carbocycles. The standard InChI is InChI=1S/C24H22N2O4S/c1-18-16-20(11-6-10-19-8-4-3-5-9-19)14-15-23(18)26-31(28,29)22-13-7-12-21(17-22)24(27)25-30-2/h3-5,7-9,12-17,26H,11H2,1-2H3,(H,25,27). The fourth-order valence-corrected chi connectivity index (χ4v) is 4.06. The Kier molecular flexibility index (Phi) is 7.08. The summed E-state index contributed by atoms with van der Waals surface area (Å²) in [6.45, 7) is 1.83. The molecule has 0 heterocycles. The van der Waals surface area contributed by atoms with Crippen molar-refractivity contribution in [3.05, 3.63) is 95.1 Å². The Labute approximate surface area is 182 Å². The van der Waals surface area contributed by atoms with E-state index in [0.717, 1.165) is 16.7 Å². The molecule has 0 aromatic heterocycles. The second-order valence-corrected chi connectivity index (χ2v) is 8.44. The Morgan fingerprint density at radius 3 is 2.48 bits per heavy atom. The van der Waals surface area contributed by atoms with E-state index in [4.69, 9.17) is 0 Å². The van der Waals surface area contributed by atoms with E-state index in [0.29, 0.717) is 12.1 Å². The maximum absolute atomic E-state index is 12.8. The zero-order valence-corrected chi connectivity index (χ0v) is 18.0. The Hall–Kier alpha value is -3.60. The van der Waals surface area contributed by atoms with Crippen LogP contribution < -0.4 is 10.2 Å². The summed E-state index contributed by atoms with van der Waals surface area (Å²) in [7, 11) is -2.57. The van der Waals surface area contributed by atoms with Gasteiger partial charge in [-0.1, -0.05) is 48.2 Å². The van der Waals surface area contributed by atoms with Gasteiger partial charge in [0.1, 0.15) is 0 Å². The molecule has 0 saturated carbocycles. The number of nitrogens with one attached hydrogen (secondary N) is 2. The SMILES string of the molecule is CONC(=O)c1cccc(S(=O)(=O)Nc2ccc(CC#Cc3ccccc3)cc2C)c1. The zero-order chi connectivity index (χ0) is 22.3. The van der Waals surface area contributed by atoms with Gasteiger partial charge < -0.3 is 0 Å². The van der Waals surface area contributed by atoms with E-state index in [-0.39, 0.29) is 10.5 Å². The van der Waals surface area contributed by atoms with E-state index in [1.54, 1.807) is 6.07 Å². The molecule has 0 fully saturated rings. The van der Waals surface area contributed by atoms with E-state index in [1.807, 2.05) is 49.4 Å². The van der Waals surface area contributed by atoms with Crippen LogP contribution in [-0.4, -0.2) is 21.4 Å². The van der Waals surface area contributed by atoms with Crippen molar-refractivity contribution in [2.45, 2.75) is 18.2 Å². The Bertz CT molecular complexity index is 1240. The molecule has 0 bridgehead atoms. The average molecular weight is 435 g/mol. The van der Waals surface area contributed by atoms with Crippen LogP contribution in [0.5, 0.6) is 0 Å². The van der Waals surface area contributed by atoms with Crippen molar-refractivity contribution in [3.8, 4) is 11.8 Å². The van der Waals surface area contributed by atoms with Crippen LogP contribution in [0.3, 0.4) is 0 Å². The van der Waals surface area contributed by atoms with Crippen molar-refractivity contribution in [3.63, 3.8) is 0 Å². The van der Waals surface area contributed by atoms with Crippen molar-refractivity contribution >= 4 is 21.6 Å². The number of amides is 1. The minimum atomic E-state index is -3.87. The smallest absolute Gasteiger partial charge is 0.274 e. The lowest BCUT2D eigenvalue weighted by atomic mass is 10.1. The van der Waals surface area contributed by atoms with Gasteiger partial charge in [0.2, 0.25) is 0 Å². The van der Waals surface area contributed by atoms with Crippen LogP contribution in [0.15, 0.2) is 77.7 Å². The van der Waals surface area contributed by atoms with Gasteiger partial charge in [-0.3, -0.25) is 14.4 Å². The van der Waals surface area contributed by atoms with Crippen LogP contribution in [0.4, 0.5) is 5.69 Å². The number of carbonyl (C=O) groups is 1. The zero-order valence-electron chi connectivity index (χ0n) is 17.2. The highest BCUT2D eigenvalue weighted by Gasteiger charge is 2.17. The molecule has 3 rings (SSSR count). The van der Waals surface area contributed by atoms with Gasteiger partial charge in [-0.05, 0) is 54.4 Å². The number of rotatable bonds is 6. The third-order valence-electron chi connectivity index (χ3n) is 4.44. The summed E-state index contributed by atoms with van der Waals surface area (Å²) in [6, 6.07) is 20.9. The number of anilines is 1. The lowest BCUT2D eigenvalue weighted by Gasteiger charge is -2.12. The minimum absolute atomic E-state index is 0.0199. The van der Waals surface area contributed by atoms with Crippen LogP contribution in [0.2, 0.25) is 0 Å². The van der Waals surface area contributed by atoms with Gasteiger partial charge in [-0.15, -0.1) is 0 Å². The van der Waals surface area contributed by atoms with Crippen LogP contribution in [-0.2, 0) is 21.3 Å². The highest BCUT2D eigenvalue weighted by Crippen LogP contribution is 2.22. The molecule has 0 aliphatic rings. The van der Waals surface area contributed by atoms with E-state index >= 15 is 0 Å². The summed E-state index contributed by atoms with van der Waals surface area (Å²) in [4.78, 5) is 16.5. The second-order valence-electron chi connectivity index (χ2n) is 6.76. The number of hydrogen-bond acceptors (Lipinski definition) is 4. The average Bonchev–Trinajstić information content (AvgIpc) is 2.76. The van der Waals surface area contributed by atoms with Crippen molar-refractivity contribution < 1.29 is 18.0 Å². The summed E-state index contributed by atoms with van der Waals surface area (Å²) in [6.07, 6.45) is 0.555. The summed E-state index contributed by atoms with van der Waals surface area (Å²) in [5.74, 6) is 5.71. The second kappa shape index (κ2) is 9.94. The van der Waals surface area contributed by atoms with Crippen LogP contribution in [0.25, 0.3) is 0 Å². The Morgan fingerprint density at radius 2 is 1.77 bits per heavy atom. The molecule has 6 nitrogen and oxygen atoms in total. The molecule has 158 valence electrons. The molecule has 2 N–H and O–H groups in total. The summed E-state index contributed by atoms with van der Waals surface area (Å²) in [5.41, 5.74) is 5.52. The van der Waals surface area contributed by atoms with Crippen LogP contribution >= 0.6 is 0 Å². The van der Waals surface area contributed by atoms with Crippen LogP contribution in [0, 0.1) is 18.8 Å². The molecule has 7 heteroatoms. The highest BCUT2D eigenvalue weighted by atomic mass is 32.2. The van der Waals surface area contributed by atoms with Gasteiger partial charge in [0.25, 0.3) is 15.9 Å². The first-order valence-electron chi connectivity index (χ1n) is 9.49. The van der Waals surface area contributed by atoms with Crippen molar-refractivity contribution in [1.82, 2.24) is 5.48 Å². The first-order chi connectivity index (χ1) is 14.9. The summed E-state index contributed by atoms with van der Waals surface area (Å²) >= 11 is 0. The first kappa shape index (κ1) is 22.1. The normalized spacial score (nSPS) is 10.6. The third kappa shape index (κ3) is 5.95. The number of benzene rings is 3. The molecule has 3 aromatic rings. The molecule has 0 aliphatic carbocycles. The minimum Gasteiger partial charge on any atom is -0.279 e. The number of aryl methyl sites for hydroxylation is 1. The van der Waals surface area contributed by atoms with Gasteiger partial charge in [0, 0.05) is 17.5 Å². The number of carbonyl (C=O) groups excluding carboxylic acids is 1. The monoisotopic (exact) mass is 434 g/mol. The third-order valence-corrected chi connectivity index (χ3v) is 5.80. The van der Waals surface area contributed by atoms with E-state index in [9.17, 15) is 13.2 Å². The fraction of sp³-hybridized carbons (Fsp3) is 0.125. The van der Waals surface area contributed by atoms with Gasteiger partial charge in [0.05, 0.1) is 17.7 Å². The lowest BCUT2D eigenvalue weighted by molar-refractivity contribution is 0.0537. The molecule has 0 radical (unpaired) electrons. The van der Waals surface area contributed by atoms with Crippen molar-refractivity contribution in [2.75, 3.05) is 11.8 Å². The molecule has 1 amide bonds. The van der Waals surface area contributed by atoms with Crippen molar-refractivity contribution in [1.29, 1.82) is 0 Å². The van der Waals surface area contributed by atoms with Gasteiger partial charge in [0.15, 0.2) is 0 Å². The highest BCUT2D eigenvalue weighted by molar-refractivity contribution is 7.92. The predicted octanol–water partition coefficient (Wildman–Crippen LogP) is 3.68. The van der Waals surface area contributed by atoms with Gasteiger partial charge in [-0.25, -0.2) is 13.9 Å². The predicted molar refractivity (Wildman–Crippen MR) is 120 cm³/mol. The molecule has 0 atom stereocenters. The topological polar surface area (TPSA) is 84.5 Å². The largest absolute Gasteiger partial charge is 0.279 e. The number of sulfonamides is 1. The number of hydrogen-bond donors (Lipinski definition) is 2. The van der Waals surface area contributed by atoms with Crippen LogP contribution in [0.1, 0.15) is 27.0 Å². The van der Waals surface area contributed by atoms with Crippen molar-refractivity contribution in [2.24, 2.45) is 0 Å². The summed E-state index contributed by atoms with van der Waals surface area (Å²) in [5, 5.41) is 0. The molecule has 0 aliphatic heterocycles. The molecular weight excluding hydrogens is 412 g/mol. The molecular formula is C24H22N2O4S. The maximum atomic E-state index is 12.8. The molecule has 0 saturated heterocycles. The molecule has 31 heavy (non-hydrogen) atoms. The first-order valence-corrected chi connectivity index (χ1v) is 11.0. The number of hydroxylamine groups is 1. The quantitative estimate of drug-likeness (QED) is 0.458. The fourth-order valence-electron chi connectivity index (χ4n) is 2.88. The molecule has 0 spiro atoms. The Balaban J connectivity index is 1.74. The molecule has 0 unspecified atom stereocenters. The van der Waals surface area contributed by atoms with E-state index in [1.165, 1.54) is 31.4 Å². The summed E-state index contributed by atoms with van der Waals surface area (Å²) < 4.78 is 28.2. The van der Waals surface area contributed by atoms with Gasteiger partial charge in [-0.2, -0.15) is 0 Å². The van der Waals surface area contributed by atoms with E-state index < -0.39 is 15.9 Å².